The minimum absolute atomic E-state index is 0.180. The quantitative estimate of drug-likeness (QED) is 0.732. The molecule has 0 saturated carbocycles. The van der Waals surface area contributed by atoms with E-state index in [4.69, 9.17) is 16.1 Å². The second-order valence-electron chi connectivity index (χ2n) is 5.53. The third-order valence-electron chi connectivity index (χ3n) is 3.60. The van der Waals surface area contributed by atoms with Crippen molar-refractivity contribution in [2.75, 3.05) is 5.32 Å². The van der Waals surface area contributed by atoms with Crippen molar-refractivity contribution in [3.63, 3.8) is 0 Å². The number of hydrogen-bond donors (Lipinski definition) is 1. The highest BCUT2D eigenvalue weighted by Gasteiger charge is 2.11. The van der Waals surface area contributed by atoms with E-state index in [1.807, 2.05) is 0 Å². The van der Waals surface area contributed by atoms with Crippen LogP contribution in [-0.4, -0.2) is 16.0 Å². The first-order valence-corrected chi connectivity index (χ1v) is 8.03. The fraction of sp³-hybridized carbons (Fsp3) is 0.167. The van der Waals surface area contributed by atoms with Crippen LogP contribution in [0.5, 0.6) is 0 Å². The van der Waals surface area contributed by atoms with Gasteiger partial charge in [-0.15, -0.1) is 0 Å². The zero-order chi connectivity index (χ0) is 17.8. The Hall–Kier alpha value is -2.73. The lowest BCUT2D eigenvalue weighted by Gasteiger charge is -2.07. The van der Waals surface area contributed by atoms with E-state index < -0.39 is 0 Å². The van der Waals surface area contributed by atoms with Crippen LogP contribution in [0.15, 0.2) is 47.0 Å². The number of nitrogens with zero attached hydrogens (tertiary/aromatic N) is 2. The molecule has 7 heteroatoms. The molecule has 3 rings (SSSR count). The van der Waals surface area contributed by atoms with E-state index in [0.717, 1.165) is 5.56 Å². The molecule has 5 nitrogen and oxygen atoms in total. The SMILES string of the molecule is Cc1cc(F)ccc1NC(=O)CCc1nc(-c2ccc(Cl)cc2)no1. The molecule has 0 spiro atoms. The summed E-state index contributed by atoms with van der Waals surface area (Å²) in [4.78, 5) is 16.3. The van der Waals surface area contributed by atoms with Crippen LogP contribution in [0.4, 0.5) is 10.1 Å². The molecule has 1 N–H and O–H groups in total. The standard InChI is InChI=1S/C18H15ClFN3O2/c1-11-10-14(20)6-7-15(11)21-16(24)8-9-17-22-18(23-25-17)12-2-4-13(19)5-3-12/h2-7,10H,8-9H2,1H3,(H,21,24). The maximum atomic E-state index is 13.1. The van der Waals surface area contributed by atoms with Crippen molar-refractivity contribution in [2.45, 2.75) is 19.8 Å². The van der Waals surface area contributed by atoms with Crippen LogP contribution in [0, 0.1) is 12.7 Å². The van der Waals surface area contributed by atoms with Crippen molar-refractivity contribution >= 4 is 23.2 Å². The molecule has 3 aromatic rings. The van der Waals surface area contributed by atoms with Gasteiger partial charge in [0, 0.05) is 29.1 Å². The fourth-order valence-electron chi connectivity index (χ4n) is 2.27. The monoisotopic (exact) mass is 359 g/mol. The zero-order valence-corrected chi connectivity index (χ0v) is 14.2. The number of aromatic nitrogens is 2. The Balaban J connectivity index is 1.58. The number of rotatable bonds is 5. The third kappa shape index (κ3) is 4.42. The molecule has 2 aromatic carbocycles. The molecular weight excluding hydrogens is 345 g/mol. The molecule has 1 amide bonds. The number of halogens is 2. The molecular formula is C18H15ClFN3O2. The lowest BCUT2D eigenvalue weighted by Crippen LogP contribution is -2.13. The van der Waals surface area contributed by atoms with Crippen LogP contribution in [-0.2, 0) is 11.2 Å². The number of benzene rings is 2. The van der Waals surface area contributed by atoms with E-state index in [2.05, 4.69) is 15.5 Å². The van der Waals surface area contributed by atoms with Crippen LogP contribution in [0.25, 0.3) is 11.4 Å². The Bertz CT molecular complexity index is 894. The number of carbonyl (C=O) groups is 1. The summed E-state index contributed by atoms with van der Waals surface area (Å²) in [5.41, 5.74) is 2.03. The second kappa shape index (κ2) is 7.44. The molecule has 1 heterocycles. The van der Waals surface area contributed by atoms with E-state index in [1.54, 1.807) is 31.2 Å². The van der Waals surface area contributed by atoms with Gasteiger partial charge < -0.3 is 9.84 Å². The Morgan fingerprint density at radius 3 is 2.72 bits per heavy atom. The summed E-state index contributed by atoms with van der Waals surface area (Å²) in [5.74, 6) is 0.273. The number of hydrogen-bond acceptors (Lipinski definition) is 4. The van der Waals surface area contributed by atoms with Crippen molar-refractivity contribution in [2.24, 2.45) is 0 Å². The van der Waals surface area contributed by atoms with E-state index >= 15 is 0 Å². The van der Waals surface area contributed by atoms with E-state index in [-0.39, 0.29) is 18.1 Å². The molecule has 0 aliphatic rings. The molecule has 0 aliphatic heterocycles. The number of nitrogens with one attached hydrogen (secondary N) is 1. The lowest BCUT2D eigenvalue weighted by atomic mass is 10.2. The summed E-state index contributed by atoms with van der Waals surface area (Å²) in [6.45, 7) is 1.73. The molecule has 1 aromatic heterocycles. The largest absolute Gasteiger partial charge is 0.339 e. The number of anilines is 1. The number of aryl methyl sites for hydroxylation is 2. The van der Waals surface area contributed by atoms with Gasteiger partial charge in [0.1, 0.15) is 5.82 Å². The summed E-state index contributed by atoms with van der Waals surface area (Å²) < 4.78 is 18.2. The Morgan fingerprint density at radius 2 is 2.00 bits per heavy atom. The predicted molar refractivity (Wildman–Crippen MR) is 92.8 cm³/mol. The molecule has 0 aliphatic carbocycles. The van der Waals surface area contributed by atoms with Gasteiger partial charge in [-0.05, 0) is 55.0 Å². The van der Waals surface area contributed by atoms with Gasteiger partial charge in [-0.3, -0.25) is 4.79 Å². The maximum absolute atomic E-state index is 13.1. The Morgan fingerprint density at radius 1 is 1.24 bits per heavy atom. The van der Waals surface area contributed by atoms with Crippen LogP contribution >= 0.6 is 11.6 Å². The maximum Gasteiger partial charge on any atom is 0.227 e. The minimum Gasteiger partial charge on any atom is -0.339 e. The molecule has 0 atom stereocenters. The summed E-state index contributed by atoms with van der Waals surface area (Å²) in [5, 5.41) is 7.27. The fourth-order valence-corrected chi connectivity index (χ4v) is 2.40. The number of carbonyl (C=O) groups excluding carboxylic acids is 1. The van der Waals surface area contributed by atoms with Crippen LogP contribution in [0.3, 0.4) is 0 Å². The summed E-state index contributed by atoms with van der Waals surface area (Å²) in [7, 11) is 0. The van der Waals surface area contributed by atoms with Crippen molar-refractivity contribution in [3.8, 4) is 11.4 Å². The predicted octanol–water partition coefficient (Wildman–Crippen LogP) is 4.41. The minimum atomic E-state index is -0.337. The molecule has 0 bridgehead atoms. The Labute approximate surface area is 148 Å². The highest BCUT2D eigenvalue weighted by Crippen LogP contribution is 2.19. The Kier molecular flexibility index (Phi) is 5.09. The van der Waals surface area contributed by atoms with Gasteiger partial charge in [0.05, 0.1) is 0 Å². The van der Waals surface area contributed by atoms with Gasteiger partial charge in [0.2, 0.25) is 17.6 Å². The average molecular weight is 360 g/mol. The van der Waals surface area contributed by atoms with Crippen molar-refractivity contribution in [3.05, 3.63) is 64.8 Å². The first-order chi connectivity index (χ1) is 12.0. The molecule has 0 saturated heterocycles. The van der Waals surface area contributed by atoms with Gasteiger partial charge in [-0.2, -0.15) is 4.98 Å². The van der Waals surface area contributed by atoms with Crippen LogP contribution in [0.2, 0.25) is 5.02 Å². The van der Waals surface area contributed by atoms with Gasteiger partial charge in [-0.1, -0.05) is 16.8 Å². The van der Waals surface area contributed by atoms with Crippen LogP contribution < -0.4 is 5.32 Å². The van der Waals surface area contributed by atoms with Crippen LogP contribution in [0.1, 0.15) is 17.9 Å². The molecule has 128 valence electrons. The van der Waals surface area contributed by atoms with Crippen molar-refractivity contribution in [1.29, 1.82) is 0 Å². The van der Waals surface area contributed by atoms with E-state index in [9.17, 15) is 9.18 Å². The normalized spacial score (nSPS) is 10.7. The molecule has 25 heavy (non-hydrogen) atoms. The van der Waals surface area contributed by atoms with Crippen molar-refractivity contribution in [1.82, 2.24) is 10.1 Å². The first-order valence-electron chi connectivity index (χ1n) is 7.66. The highest BCUT2D eigenvalue weighted by molar-refractivity contribution is 6.30. The zero-order valence-electron chi connectivity index (χ0n) is 13.4. The topological polar surface area (TPSA) is 68.0 Å². The molecule has 0 unspecified atom stereocenters. The van der Waals surface area contributed by atoms with Crippen molar-refractivity contribution < 1.29 is 13.7 Å². The lowest BCUT2D eigenvalue weighted by molar-refractivity contribution is -0.116. The molecule has 0 fully saturated rings. The summed E-state index contributed by atoms with van der Waals surface area (Å²) >= 11 is 5.85. The first kappa shape index (κ1) is 17.1. The second-order valence-corrected chi connectivity index (χ2v) is 5.96. The van der Waals surface area contributed by atoms with Gasteiger partial charge >= 0.3 is 0 Å². The van der Waals surface area contributed by atoms with Gasteiger partial charge in [-0.25, -0.2) is 4.39 Å². The van der Waals surface area contributed by atoms with E-state index in [1.165, 1.54) is 18.2 Å². The molecule has 0 radical (unpaired) electrons. The third-order valence-corrected chi connectivity index (χ3v) is 3.85. The average Bonchev–Trinajstić information content (AvgIpc) is 3.05. The van der Waals surface area contributed by atoms with E-state index in [0.29, 0.717) is 34.4 Å². The number of amides is 1. The summed E-state index contributed by atoms with van der Waals surface area (Å²) in [6.07, 6.45) is 0.492. The highest BCUT2D eigenvalue weighted by atomic mass is 35.5. The smallest absolute Gasteiger partial charge is 0.227 e. The van der Waals surface area contributed by atoms with Gasteiger partial charge in [0.15, 0.2) is 0 Å². The summed E-state index contributed by atoms with van der Waals surface area (Å²) in [6, 6.07) is 11.3. The van der Waals surface area contributed by atoms with Gasteiger partial charge in [0.25, 0.3) is 0 Å².